The van der Waals surface area contributed by atoms with Gasteiger partial charge in [-0.2, -0.15) is 0 Å². The zero-order valence-electron chi connectivity index (χ0n) is 8.46. The van der Waals surface area contributed by atoms with E-state index < -0.39 is 0 Å². The number of rotatable bonds is 1. The fraction of sp³-hybridized carbons (Fsp3) is 0.455. The van der Waals surface area contributed by atoms with Crippen molar-refractivity contribution in [3.63, 3.8) is 0 Å². The Morgan fingerprint density at radius 1 is 1.43 bits per heavy atom. The standard InChI is InChI=1S/C11H14BrNO/c1-8(2)13-5-6-14-11-4-3-9(12)7-10(11)13/h3-4,7-8H,5-6H2,1-2H3. The summed E-state index contributed by atoms with van der Waals surface area (Å²) in [7, 11) is 0. The molecule has 3 heteroatoms. The fourth-order valence-corrected chi connectivity index (χ4v) is 2.10. The molecule has 1 aliphatic rings. The minimum absolute atomic E-state index is 0.520. The molecule has 1 aliphatic heterocycles. The highest BCUT2D eigenvalue weighted by Gasteiger charge is 2.19. The van der Waals surface area contributed by atoms with E-state index in [1.54, 1.807) is 0 Å². The van der Waals surface area contributed by atoms with Crippen LogP contribution in [0, 0.1) is 0 Å². The van der Waals surface area contributed by atoms with Crippen LogP contribution in [-0.4, -0.2) is 19.2 Å². The van der Waals surface area contributed by atoms with E-state index in [4.69, 9.17) is 4.74 Å². The molecule has 0 aliphatic carbocycles. The van der Waals surface area contributed by atoms with Crippen LogP contribution >= 0.6 is 15.9 Å². The van der Waals surface area contributed by atoms with E-state index in [9.17, 15) is 0 Å². The van der Waals surface area contributed by atoms with Gasteiger partial charge in [0, 0.05) is 10.5 Å². The van der Waals surface area contributed by atoms with E-state index in [-0.39, 0.29) is 0 Å². The van der Waals surface area contributed by atoms with Crippen LogP contribution in [0.25, 0.3) is 0 Å². The Bertz CT molecular complexity index is 338. The summed E-state index contributed by atoms with van der Waals surface area (Å²) >= 11 is 3.48. The molecule has 2 nitrogen and oxygen atoms in total. The normalized spacial score (nSPS) is 15.3. The topological polar surface area (TPSA) is 12.5 Å². The summed E-state index contributed by atoms with van der Waals surface area (Å²) in [6.07, 6.45) is 0. The molecule has 0 spiro atoms. The number of anilines is 1. The maximum absolute atomic E-state index is 5.60. The van der Waals surface area contributed by atoms with Crippen molar-refractivity contribution in [2.24, 2.45) is 0 Å². The van der Waals surface area contributed by atoms with Gasteiger partial charge in [0.2, 0.25) is 0 Å². The maximum Gasteiger partial charge on any atom is 0.142 e. The third-order valence-electron chi connectivity index (χ3n) is 2.44. The molecule has 14 heavy (non-hydrogen) atoms. The van der Waals surface area contributed by atoms with Gasteiger partial charge in [0.1, 0.15) is 12.4 Å². The predicted molar refractivity (Wildman–Crippen MR) is 62.1 cm³/mol. The molecule has 0 saturated heterocycles. The first-order chi connectivity index (χ1) is 6.68. The van der Waals surface area contributed by atoms with E-state index >= 15 is 0 Å². The minimum atomic E-state index is 0.520. The average molecular weight is 256 g/mol. The minimum Gasteiger partial charge on any atom is -0.490 e. The van der Waals surface area contributed by atoms with Crippen molar-refractivity contribution in [3.05, 3.63) is 22.7 Å². The predicted octanol–water partition coefficient (Wildman–Crippen LogP) is 3.06. The first-order valence-corrected chi connectivity index (χ1v) is 5.67. The lowest BCUT2D eigenvalue weighted by molar-refractivity contribution is 0.303. The van der Waals surface area contributed by atoms with Crippen molar-refractivity contribution in [3.8, 4) is 5.75 Å². The Kier molecular flexibility index (Phi) is 2.68. The van der Waals surface area contributed by atoms with Gasteiger partial charge in [-0.15, -0.1) is 0 Å². The van der Waals surface area contributed by atoms with Gasteiger partial charge in [0.05, 0.1) is 12.2 Å². The molecule has 0 saturated carbocycles. The Morgan fingerprint density at radius 2 is 2.21 bits per heavy atom. The van der Waals surface area contributed by atoms with Crippen LogP contribution < -0.4 is 9.64 Å². The van der Waals surface area contributed by atoms with Crippen molar-refractivity contribution in [1.82, 2.24) is 0 Å². The zero-order chi connectivity index (χ0) is 10.1. The van der Waals surface area contributed by atoms with Crippen molar-refractivity contribution >= 4 is 21.6 Å². The van der Waals surface area contributed by atoms with Crippen LogP contribution in [0.4, 0.5) is 5.69 Å². The third-order valence-corrected chi connectivity index (χ3v) is 2.94. The molecule has 0 aromatic heterocycles. The molecule has 1 aromatic carbocycles. The number of hydrogen-bond acceptors (Lipinski definition) is 2. The first-order valence-electron chi connectivity index (χ1n) is 4.87. The van der Waals surface area contributed by atoms with Crippen molar-refractivity contribution in [2.75, 3.05) is 18.1 Å². The van der Waals surface area contributed by atoms with Crippen LogP contribution in [0.15, 0.2) is 22.7 Å². The lowest BCUT2D eigenvalue weighted by Gasteiger charge is -2.34. The number of ether oxygens (including phenoxy) is 1. The van der Waals surface area contributed by atoms with E-state index in [0.29, 0.717) is 6.04 Å². The van der Waals surface area contributed by atoms with Crippen LogP contribution in [0.3, 0.4) is 0 Å². The molecule has 0 fully saturated rings. The first kappa shape index (κ1) is 9.84. The van der Waals surface area contributed by atoms with Gasteiger partial charge in [-0.1, -0.05) is 15.9 Å². The molecular formula is C11H14BrNO. The van der Waals surface area contributed by atoms with E-state index in [1.165, 1.54) is 5.69 Å². The highest BCUT2D eigenvalue weighted by molar-refractivity contribution is 9.10. The second-order valence-corrected chi connectivity index (χ2v) is 4.66. The Labute approximate surface area is 93.0 Å². The van der Waals surface area contributed by atoms with Crippen molar-refractivity contribution < 1.29 is 4.74 Å². The molecule has 2 rings (SSSR count). The van der Waals surface area contributed by atoms with Crippen molar-refractivity contribution in [1.29, 1.82) is 0 Å². The van der Waals surface area contributed by atoms with Crippen molar-refractivity contribution in [2.45, 2.75) is 19.9 Å². The fourth-order valence-electron chi connectivity index (χ4n) is 1.75. The molecule has 0 amide bonds. The number of fused-ring (bicyclic) bond motifs is 1. The summed E-state index contributed by atoms with van der Waals surface area (Å²) in [6, 6.07) is 6.68. The van der Waals surface area contributed by atoms with Gasteiger partial charge in [-0.25, -0.2) is 0 Å². The average Bonchev–Trinajstić information content (AvgIpc) is 2.16. The third kappa shape index (κ3) is 1.73. The second-order valence-electron chi connectivity index (χ2n) is 3.75. The van der Waals surface area contributed by atoms with Crippen LogP contribution in [-0.2, 0) is 0 Å². The van der Waals surface area contributed by atoms with Gasteiger partial charge >= 0.3 is 0 Å². The molecule has 0 unspecified atom stereocenters. The van der Waals surface area contributed by atoms with Crippen LogP contribution in [0.5, 0.6) is 5.75 Å². The number of benzene rings is 1. The summed E-state index contributed by atoms with van der Waals surface area (Å²) < 4.78 is 6.70. The summed E-state index contributed by atoms with van der Waals surface area (Å²) in [4.78, 5) is 2.36. The highest BCUT2D eigenvalue weighted by atomic mass is 79.9. The quantitative estimate of drug-likeness (QED) is 0.765. The van der Waals surface area contributed by atoms with E-state index in [2.05, 4.69) is 40.7 Å². The molecule has 0 bridgehead atoms. The van der Waals surface area contributed by atoms with E-state index in [0.717, 1.165) is 23.4 Å². The van der Waals surface area contributed by atoms with E-state index in [1.807, 2.05) is 12.1 Å². The monoisotopic (exact) mass is 255 g/mol. The largest absolute Gasteiger partial charge is 0.490 e. The second kappa shape index (κ2) is 3.81. The summed E-state index contributed by atoms with van der Waals surface area (Å²) in [5, 5.41) is 0. The Morgan fingerprint density at radius 3 is 2.93 bits per heavy atom. The molecule has 0 atom stereocenters. The summed E-state index contributed by atoms with van der Waals surface area (Å²) in [6.45, 7) is 6.17. The summed E-state index contributed by atoms with van der Waals surface area (Å²) in [5.74, 6) is 0.994. The van der Waals surface area contributed by atoms with Gasteiger partial charge in [-0.3, -0.25) is 0 Å². The molecular weight excluding hydrogens is 242 g/mol. The molecule has 0 radical (unpaired) electrons. The summed E-state index contributed by atoms with van der Waals surface area (Å²) in [5.41, 5.74) is 1.20. The number of halogens is 1. The zero-order valence-corrected chi connectivity index (χ0v) is 10.0. The Balaban J connectivity index is 2.41. The van der Waals surface area contributed by atoms with Gasteiger partial charge < -0.3 is 9.64 Å². The number of hydrogen-bond donors (Lipinski definition) is 0. The van der Waals surface area contributed by atoms with Gasteiger partial charge in [0.15, 0.2) is 0 Å². The maximum atomic E-state index is 5.60. The van der Waals surface area contributed by atoms with Gasteiger partial charge in [0.25, 0.3) is 0 Å². The smallest absolute Gasteiger partial charge is 0.142 e. The number of nitrogens with zero attached hydrogens (tertiary/aromatic N) is 1. The highest BCUT2D eigenvalue weighted by Crippen LogP contribution is 2.34. The molecule has 76 valence electrons. The lowest BCUT2D eigenvalue weighted by Crippen LogP contribution is -2.37. The molecule has 1 heterocycles. The van der Waals surface area contributed by atoms with Crippen LogP contribution in [0.1, 0.15) is 13.8 Å². The SMILES string of the molecule is CC(C)N1CCOc2ccc(Br)cc21. The molecule has 0 N–H and O–H groups in total. The van der Waals surface area contributed by atoms with Crippen LogP contribution in [0.2, 0.25) is 0 Å². The molecule has 1 aromatic rings. The van der Waals surface area contributed by atoms with Gasteiger partial charge in [-0.05, 0) is 32.0 Å². The lowest BCUT2D eigenvalue weighted by atomic mass is 10.2. The Hall–Kier alpha value is -0.700.